The first-order valence-electron chi connectivity index (χ1n) is 12.5. The van der Waals surface area contributed by atoms with Crippen LogP contribution in [0, 0.1) is 0 Å². The summed E-state index contributed by atoms with van der Waals surface area (Å²) in [6.07, 6.45) is -2.84. The molecule has 0 radical (unpaired) electrons. The van der Waals surface area contributed by atoms with Gasteiger partial charge in [-0.2, -0.15) is 17.5 Å². The van der Waals surface area contributed by atoms with Crippen LogP contribution in [0.25, 0.3) is 11.3 Å². The first-order valence-corrected chi connectivity index (χ1v) is 15.2. The number of thiophene rings is 1. The monoisotopic (exact) mass is 614 g/mol. The summed E-state index contributed by atoms with van der Waals surface area (Å²) in [6, 6.07) is 8.22. The van der Waals surface area contributed by atoms with E-state index >= 15 is 0 Å². The number of carbonyl (C=O) groups excluding carboxylic acids is 1. The molecule has 5 rings (SSSR count). The van der Waals surface area contributed by atoms with Gasteiger partial charge in [-0.15, -0.1) is 11.3 Å². The van der Waals surface area contributed by atoms with E-state index in [0.717, 1.165) is 29.9 Å². The Hall–Kier alpha value is -2.78. The van der Waals surface area contributed by atoms with Crippen LogP contribution in [0.1, 0.15) is 30.5 Å². The molecule has 9 nitrogen and oxygen atoms in total. The van der Waals surface area contributed by atoms with Gasteiger partial charge in [-0.25, -0.2) is 18.4 Å². The van der Waals surface area contributed by atoms with Crippen molar-refractivity contribution >= 4 is 44.8 Å². The molecule has 40 heavy (non-hydrogen) atoms. The van der Waals surface area contributed by atoms with Crippen LogP contribution in [0.2, 0.25) is 4.34 Å². The minimum absolute atomic E-state index is 0.0307. The number of amides is 1. The van der Waals surface area contributed by atoms with Crippen molar-refractivity contribution in [1.82, 2.24) is 19.6 Å². The third-order valence-electron chi connectivity index (χ3n) is 6.84. The number of nitrogens with two attached hydrogens (primary N) is 1. The summed E-state index contributed by atoms with van der Waals surface area (Å²) < 4.78 is 67.1. The van der Waals surface area contributed by atoms with Gasteiger partial charge < -0.3 is 16.0 Å². The van der Waals surface area contributed by atoms with E-state index in [0.29, 0.717) is 53.2 Å². The Balaban J connectivity index is 1.37. The van der Waals surface area contributed by atoms with Crippen molar-refractivity contribution in [2.75, 3.05) is 24.5 Å². The number of aromatic nitrogens is 2. The fourth-order valence-corrected chi connectivity index (χ4v) is 8.07. The second-order valence-electron chi connectivity index (χ2n) is 9.66. The lowest BCUT2D eigenvalue weighted by Crippen LogP contribution is -2.45. The third kappa shape index (κ3) is 6.10. The Kier molecular flexibility index (Phi) is 8.08. The molecule has 0 saturated carbocycles. The van der Waals surface area contributed by atoms with E-state index in [1.54, 1.807) is 6.07 Å². The lowest BCUT2D eigenvalue weighted by Gasteiger charge is -2.23. The molecule has 1 amide bonds. The number of hydrogen-bond donors (Lipinski definition) is 2. The molecule has 3 aromatic rings. The predicted octanol–water partition coefficient (Wildman–Crippen LogP) is 3.88. The number of sulfonamides is 1. The van der Waals surface area contributed by atoms with E-state index in [-0.39, 0.29) is 23.3 Å². The van der Waals surface area contributed by atoms with Crippen LogP contribution in [-0.2, 0) is 27.5 Å². The summed E-state index contributed by atoms with van der Waals surface area (Å²) >= 11 is 6.86. The molecule has 214 valence electrons. The van der Waals surface area contributed by atoms with E-state index in [9.17, 15) is 26.4 Å². The summed E-state index contributed by atoms with van der Waals surface area (Å²) in [6.45, 7) is 1.31. The SMILES string of the molecule is NC1CCN(c2nc(CNC(=O)[C@@H]3CCCN3S(=O)(=O)c3ccc(Cl)s3)cc(-c3ccc(C(F)(F)F)cc3)n2)C1. The summed E-state index contributed by atoms with van der Waals surface area (Å²) in [5, 5.41) is 2.78. The molecule has 2 aliphatic rings. The summed E-state index contributed by atoms with van der Waals surface area (Å²) in [5.41, 5.74) is 6.54. The molecule has 2 atom stereocenters. The molecular formula is C25H26ClF3N6O3S2. The van der Waals surface area contributed by atoms with E-state index in [1.807, 2.05) is 4.90 Å². The number of anilines is 1. The number of halogens is 4. The number of rotatable bonds is 7. The topological polar surface area (TPSA) is 122 Å². The number of carbonyl (C=O) groups is 1. The Morgan fingerprint density at radius 3 is 2.50 bits per heavy atom. The minimum Gasteiger partial charge on any atom is -0.349 e. The van der Waals surface area contributed by atoms with Crippen molar-refractivity contribution in [1.29, 1.82) is 0 Å². The second-order valence-corrected chi connectivity index (χ2v) is 13.5. The van der Waals surface area contributed by atoms with Gasteiger partial charge in [-0.1, -0.05) is 23.7 Å². The molecule has 2 fully saturated rings. The third-order valence-corrected chi connectivity index (χ3v) is 10.5. The quantitative estimate of drug-likeness (QED) is 0.414. The van der Waals surface area contributed by atoms with Crippen LogP contribution >= 0.6 is 22.9 Å². The van der Waals surface area contributed by atoms with Gasteiger partial charge in [0.25, 0.3) is 10.0 Å². The smallest absolute Gasteiger partial charge is 0.349 e. The predicted molar refractivity (Wildman–Crippen MR) is 145 cm³/mol. The largest absolute Gasteiger partial charge is 0.416 e. The molecule has 0 bridgehead atoms. The minimum atomic E-state index is -4.46. The van der Waals surface area contributed by atoms with Crippen molar-refractivity contribution in [3.05, 3.63) is 58.1 Å². The van der Waals surface area contributed by atoms with Gasteiger partial charge >= 0.3 is 6.18 Å². The summed E-state index contributed by atoms with van der Waals surface area (Å²) in [5.74, 6) is -0.114. The average molecular weight is 615 g/mol. The van der Waals surface area contributed by atoms with Crippen molar-refractivity contribution in [2.45, 2.75) is 48.3 Å². The molecule has 1 aromatic carbocycles. The molecule has 2 aromatic heterocycles. The molecule has 0 aliphatic carbocycles. The molecule has 3 N–H and O–H groups in total. The summed E-state index contributed by atoms with van der Waals surface area (Å²) in [7, 11) is -3.89. The van der Waals surface area contributed by atoms with Crippen LogP contribution in [0.5, 0.6) is 0 Å². The molecule has 1 unspecified atom stereocenters. The highest BCUT2D eigenvalue weighted by Crippen LogP contribution is 2.33. The normalized spacial score (nSPS) is 20.3. The molecule has 0 spiro atoms. The molecular weight excluding hydrogens is 589 g/mol. The number of alkyl halides is 3. The van der Waals surface area contributed by atoms with E-state index < -0.39 is 33.7 Å². The standard InChI is InChI=1S/C25H26ClF3N6O3S2/c26-21-7-8-22(39-21)40(37,38)35-10-1-2-20(35)23(36)31-13-18-12-19(15-3-5-16(6-4-15)25(27,28)29)33-24(32-18)34-11-9-17(30)14-34/h3-8,12,17,20H,1-2,9-11,13-14,30H2,(H,31,36)/t17?,20-/m0/s1. The molecule has 15 heteroatoms. The highest BCUT2D eigenvalue weighted by Gasteiger charge is 2.40. The van der Waals surface area contributed by atoms with Crippen molar-refractivity contribution in [3.8, 4) is 11.3 Å². The van der Waals surface area contributed by atoms with Gasteiger partial charge in [-0.3, -0.25) is 4.79 Å². The van der Waals surface area contributed by atoms with Gasteiger partial charge in [0.05, 0.1) is 27.8 Å². The summed E-state index contributed by atoms with van der Waals surface area (Å²) in [4.78, 5) is 24.2. The first-order chi connectivity index (χ1) is 18.9. The zero-order chi connectivity index (χ0) is 28.7. The van der Waals surface area contributed by atoms with Crippen LogP contribution in [0.4, 0.5) is 19.1 Å². The Morgan fingerprint density at radius 2 is 1.88 bits per heavy atom. The van der Waals surface area contributed by atoms with Crippen LogP contribution in [0.3, 0.4) is 0 Å². The molecule has 2 aliphatic heterocycles. The zero-order valence-corrected chi connectivity index (χ0v) is 23.5. The van der Waals surface area contributed by atoms with Gasteiger partial charge in [0.2, 0.25) is 11.9 Å². The van der Waals surface area contributed by atoms with Crippen molar-refractivity contribution in [2.24, 2.45) is 5.73 Å². The van der Waals surface area contributed by atoms with Gasteiger partial charge in [0.1, 0.15) is 10.3 Å². The lowest BCUT2D eigenvalue weighted by molar-refractivity contribution is -0.137. The second kappa shape index (κ2) is 11.2. The average Bonchev–Trinajstić information content (AvgIpc) is 3.68. The molecule has 2 saturated heterocycles. The maximum absolute atomic E-state index is 13.2. The van der Waals surface area contributed by atoms with Gasteiger partial charge in [0.15, 0.2) is 0 Å². The lowest BCUT2D eigenvalue weighted by atomic mass is 10.1. The number of benzene rings is 1. The fraction of sp³-hybridized carbons (Fsp3) is 0.400. The van der Waals surface area contributed by atoms with Crippen LogP contribution in [0.15, 0.2) is 46.7 Å². The van der Waals surface area contributed by atoms with Crippen LogP contribution in [-0.4, -0.2) is 60.3 Å². The first kappa shape index (κ1) is 28.7. The highest BCUT2D eigenvalue weighted by atomic mass is 35.5. The number of nitrogens with zero attached hydrogens (tertiary/aromatic N) is 4. The van der Waals surface area contributed by atoms with E-state index in [4.69, 9.17) is 17.3 Å². The molecule has 4 heterocycles. The maximum atomic E-state index is 13.2. The Morgan fingerprint density at radius 1 is 1.12 bits per heavy atom. The maximum Gasteiger partial charge on any atom is 0.416 e. The number of hydrogen-bond acceptors (Lipinski definition) is 8. The van der Waals surface area contributed by atoms with Crippen molar-refractivity contribution in [3.63, 3.8) is 0 Å². The zero-order valence-electron chi connectivity index (χ0n) is 21.1. The Labute approximate surface area is 238 Å². The van der Waals surface area contributed by atoms with Crippen molar-refractivity contribution < 1.29 is 26.4 Å². The fourth-order valence-electron chi connectivity index (χ4n) is 4.80. The van der Waals surface area contributed by atoms with E-state index in [1.165, 1.54) is 28.6 Å². The number of nitrogens with one attached hydrogen (secondary N) is 1. The van der Waals surface area contributed by atoms with Gasteiger partial charge in [0, 0.05) is 31.2 Å². The van der Waals surface area contributed by atoms with E-state index in [2.05, 4.69) is 15.3 Å². The Bertz CT molecular complexity index is 1500. The highest BCUT2D eigenvalue weighted by molar-refractivity contribution is 7.91. The van der Waals surface area contributed by atoms with Crippen LogP contribution < -0.4 is 16.0 Å². The van der Waals surface area contributed by atoms with Gasteiger partial charge in [-0.05, 0) is 49.6 Å².